The van der Waals surface area contributed by atoms with Crippen molar-refractivity contribution in [1.29, 1.82) is 0 Å². The van der Waals surface area contributed by atoms with Crippen LogP contribution in [-0.2, 0) is 20.7 Å². The number of rotatable bonds is 3. The molecule has 1 rings (SSSR count). The van der Waals surface area contributed by atoms with Gasteiger partial charge in [0, 0.05) is 0 Å². The van der Waals surface area contributed by atoms with Gasteiger partial charge < -0.3 is 0 Å². The predicted octanol–water partition coefficient (Wildman–Crippen LogP) is 2.47. The zero-order chi connectivity index (χ0) is 12.4. The Balaban J connectivity index is 2.99. The van der Waals surface area contributed by atoms with Crippen LogP contribution in [0.15, 0.2) is 29.2 Å². The van der Waals surface area contributed by atoms with E-state index in [0.29, 0.717) is 6.42 Å². The molecule has 0 aliphatic carbocycles. The van der Waals surface area contributed by atoms with Gasteiger partial charge in [0.25, 0.3) is 0 Å². The van der Waals surface area contributed by atoms with Gasteiger partial charge in [0.05, 0.1) is 4.90 Å². The SMILES string of the molecule is CCc1ccc(S(=O)(=O)OC(F)(F)F)cc1. The molecule has 0 aliphatic rings. The summed E-state index contributed by atoms with van der Waals surface area (Å²) in [6, 6.07) is 5.04. The van der Waals surface area contributed by atoms with Crippen LogP contribution in [0, 0.1) is 0 Å². The third-order valence-electron chi connectivity index (χ3n) is 1.82. The highest BCUT2D eigenvalue weighted by atomic mass is 32.2. The van der Waals surface area contributed by atoms with E-state index in [2.05, 4.69) is 4.18 Å². The Morgan fingerprint density at radius 1 is 1.19 bits per heavy atom. The lowest BCUT2D eigenvalue weighted by molar-refractivity contribution is -0.271. The molecule has 0 unspecified atom stereocenters. The molecule has 0 saturated heterocycles. The summed E-state index contributed by atoms with van der Waals surface area (Å²) in [4.78, 5) is -0.512. The first-order chi connectivity index (χ1) is 7.24. The molecule has 0 fully saturated rings. The van der Waals surface area contributed by atoms with Crippen LogP contribution in [0.3, 0.4) is 0 Å². The molecule has 0 heterocycles. The molecular weight excluding hydrogens is 245 g/mol. The summed E-state index contributed by atoms with van der Waals surface area (Å²) in [5.74, 6) is 0. The molecular formula is C9H9F3O3S. The summed E-state index contributed by atoms with van der Waals surface area (Å²) >= 11 is 0. The van der Waals surface area contributed by atoms with E-state index in [1.54, 1.807) is 0 Å². The maximum atomic E-state index is 11.8. The second-order valence-corrected chi connectivity index (χ2v) is 4.53. The Kier molecular flexibility index (Phi) is 3.59. The lowest BCUT2D eigenvalue weighted by atomic mass is 10.2. The average molecular weight is 254 g/mol. The van der Waals surface area contributed by atoms with Crippen LogP contribution in [0.1, 0.15) is 12.5 Å². The van der Waals surface area contributed by atoms with E-state index in [-0.39, 0.29) is 0 Å². The van der Waals surface area contributed by atoms with Crippen LogP contribution in [0.4, 0.5) is 13.2 Å². The molecule has 90 valence electrons. The molecule has 0 aliphatic heterocycles. The van der Waals surface area contributed by atoms with Crippen molar-refractivity contribution in [3.8, 4) is 0 Å². The van der Waals surface area contributed by atoms with Crippen molar-refractivity contribution in [3.63, 3.8) is 0 Å². The highest BCUT2D eigenvalue weighted by molar-refractivity contribution is 7.86. The van der Waals surface area contributed by atoms with Gasteiger partial charge in [0.15, 0.2) is 0 Å². The van der Waals surface area contributed by atoms with Gasteiger partial charge in [-0.3, -0.25) is 0 Å². The lowest BCUT2D eigenvalue weighted by Gasteiger charge is -2.08. The Morgan fingerprint density at radius 2 is 1.69 bits per heavy atom. The molecule has 3 nitrogen and oxygen atoms in total. The van der Waals surface area contributed by atoms with Gasteiger partial charge in [0.1, 0.15) is 0 Å². The third-order valence-corrected chi connectivity index (χ3v) is 3.08. The van der Waals surface area contributed by atoms with E-state index < -0.39 is 21.4 Å². The summed E-state index contributed by atoms with van der Waals surface area (Å²) in [5.41, 5.74) is 0.825. The van der Waals surface area contributed by atoms with Gasteiger partial charge in [-0.2, -0.15) is 12.6 Å². The molecule has 0 atom stereocenters. The fraction of sp³-hybridized carbons (Fsp3) is 0.333. The molecule has 0 N–H and O–H groups in total. The average Bonchev–Trinajstić information content (AvgIpc) is 2.14. The first-order valence-corrected chi connectivity index (χ1v) is 5.77. The van der Waals surface area contributed by atoms with Crippen molar-refractivity contribution in [1.82, 2.24) is 0 Å². The smallest absolute Gasteiger partial charge is 0.194 e. The van der Waals surface area contributed by atoms with Crippen LogP contribution >= 0.6 is 0 Å². The fourth-order valence-electron chi connectivity index (χ4n) is 1.06. The van der Waals surface area contributed by atoms with E-state index in [1.807, 2.05) is 6.92 Å². The highest BCUT2D eigenvalue weighted by Crippen LogP contribution is 2.24. The van der Waals surface area contributed by atoms with Gasteiger partial charge in [-0.25, -0.2) is 0 Å². The Hall–Kier alpha value is -1.08. The number of hydrogen-bond donors (Lipinski definition) is 0. The minimum Gasteiger partial charge on any atom is -0.194 e. The molecule has 0 spiro atoms. The molecule has 16 heavy (non-hydrogen) atoms. The fourth-order valence-corrected chi connectivity index (χ4v) is 1.88. The van der Waals surface area contributed by atoms with Crippen molar-refractivity contribution in [3.05, 3.63) is 29.8 Å². The van der Waals surface area contributed by atoms with Crippen molar-refractivity contribution in [2.45, 2.75) is 24.6 Å². The number of hydrogen-bond acceptors (Lipinski definition) is 3. The quantitative estimate of drug-likeness (QED) is 0.778. The van der Waals surface area contributed by atoms with Crippen LogP contribution in [0.25, 0.3) is 0 Å². The monoisotopic (exact) mass is 254 g/mol. The maximum Gasteiger partial charge on any atom is 0.537 e. The maximum absolute atomic E-state index is 11.8. The van der Waals surface area contributed by atoms with Crippen molar-refractivity contribution in [2.75, 3.05) is 0 Å². The van der Waals surface area contributed by atoms with E-state index in [0.717, 1.165) is 17.7 Å². The molecule has 0 saturated carbocycles. The highest BCUT2D eigenvalue weighted by Gasteiger charge is 2.37. The summed E-state index contributed by atoms with van der Waals surface area (Å²) in [5, 5.41) is 0. The number of alkyl halides is 3. The standard InChI is InChI=1S/C9H9F3O3S/c1-2-7-3-5-8(6-4-7)16(13,14)15-9(10,11)12/h3-6H,2H2,1H3. The number of halogens is 3. The van der Waals surface area contributed by atoms with E-state index in [1.165, 1.54) is 12.1 Å². The zero-order valence-electron chi connectivity index (χ0n) is 8.28. The first kappa shape index (κ1) is 13.0. The van der Waals surface area contributed by atoms with Crippen LogP contribution in [-0.4, -0.2) is 14.8 Å². The number of benzene rings is 1. The Morgan fingerprint density at radius 3 is 2.06 bits per heavy atom. The lowest BCUT2D eigenvalue weighted by Crippen LogP contribution is -2.19. The molecule has 0 radical (unpaired) electrons. The second-order valence-electron chi connectivity index (χ2n) is 2.98. The van der Waals surface area contributed by atoms with Gasteiger partial charge in [-0.1, -0.05) is 19.1 Å². The summed E-state index contributed by atoms with van der Waals surface area (Å²) in [6.07, 6.45) is -4.54. The van der Waals surface area contributed by atoms with Gasteiger partial charge >= 0.3 is 16.5 Å². The molecule has 1 aromatic carbocycles. The molecule has 0 bridgehead atoms. The van der Waals surface area contributed by atoms with Crippen LogP contribution in [0.2, 0.25) is 0 Å². The molecule has 0 aromatic heterocycles. The summed E-state index contributed by atoms with van der Waals surface area (Å²) in [6.45, 7) is 1.84. The van der Waals surface area contributed by atoms with E-state index in [4.69, 9.17) is 0 Å². The Bertz CT molecular complexity index is 448. The number of aryl methyl sites for hydroxylation is 1. The normalized spacial score (nSPS) is 12.8. The van der Waals surface area contributed by atoms with E-state index >= 15 is 0 Å². The zero-order valence-corrected chi connectivity index (χ0v) is 9.10. The summed E-state index contributed by atoms with van der Waals surface area (Å²) in [7, 11) is -4.77. The topological polar surface area (TPSA) is 43.4 Å². The molecule has 7 heteroatoms. The molecule has 1 aromatic rings. The van der Waals surface area contributed by atoms with Gasteiger partial charge in [-0.05, 0) is 24.1 Å². The minimum atomic E-state index is -5.21. The van der Waals surface area contributed by atoms with Crippen molar-refractivity contribution in [2.24, 2.45) is 0 Å². The largest absolute Gasteiger partial charge is 0.537 e. The van der Waals surface area contributed by atoms with Gasteiger partial charge in [-0.15, -0.1) is 13.2 Å². The van der Waals surface area contributed by atoms with Crippen LogP contribution in [0.5, 0.6) is 0 Å². The van der Waals surface area contributed by atoms with Crippen molar-refractivity contribution < 1.29 is 25.8 Å². The van der Waals surface area contributed by atoms with Crippen molar-refractivity contribution >= 4 is 10.1 Å². The van der Waals surface area contributed by atoms with Crippen LogP contribution < -0.4 is 0 Å². The van der Waals surface area contributed by atoms with Gasteiger partial charge in [0.2, 0.25) is 0 Å². The molecule has 0 amide bonds. The third kappa shape index (κ3) is 3.49. The first-order valence-electron chi connectivity index (χ1n) is 4.36. The minimum absolute atomic E-state index is 0.512. The summed E-state index contributed by atoms with van der Waals surface area (Å²) < 4.78 is 60.6. The van der Waals surface area contributed by atoms with E-state index in [9.17, 15) is 21.6 Å². The predicted molar refractivity (Wildman–Crippen MR) is 50.1 cm³/mol. The second kappa shape index (κ2) is 4.42. The Labute approximate surface area is 91.0 Å².